The first kappa shape index (κ1) is 18.8. The average Bonchev–Trinajstić information content (AvgIpc) is 2.76. The van der Waals surface area contributed by atoms with Crippen molar-refractivity contribution < 1.29 is 24.3 Å². The van der Waals surface area contributed by atoms with Gasteiger partial charge < -0.3 is 19.1 Å². The number of likely N-dealkylation sites (N-methyl/N-ethyl adjacent to an activating group) is 1. The Morgan fingerprint density at radius 3 is 2.45 bits per heavy atom. The summed E-state index contributed by atoms with van der Waals surface area (Å²) in [7, 11) is 5.01. The van der Waals surface area contributed by atoms with E-state index in [1.807, 2.05) is 53.8 Å². The molecular formula is C22H22N3O4+. The first-order valence-corrected chi connectivity index (χ1v) is 9.15. The number of carbonyl (C=O) groups excluding carboxylic acids is 1. The van der Waals surface area contributed by atoms with Gasteiger partial charge in [-0.3, -0.25) is 10.1 Å². The standard InChI is InChI=1S/C22H21N3O4/c1-25-19-8-14(4-5-20(19)29-13-22(25)26)15-6-7-23-21(9-15)24-16-10-17(27-2)12-18(11-16)28-3/h4-12H,13H2,1-3H3,(H,23,24)/p+1. The molecule has 1 amide bonds. The number of ether oxygens (including phenoxy) is 3. The van der Waals surface area contributed by atoms with E-state index in [-0.39, 0.29) is 12.5 Å². The molecule has 3 aromatic rings. The second-order valence-electron chi connectivity index (χ2n) is 6.68. The van der Waals surface area contributed by atoms with Crippen molar-refractivity contribution in [3.05, 3.63) is 54.7 Å². The molecule has 1 aliphatic heterocycles. The summed E-state index contributed by atoms with van der Waals surface area (Å²) < 4.78 is 16.2. The van der Waals surface area contributed by atoms with Gasteiger partial charge in [-0.1, -0.05) is 6.07 Å². The first-order chi connectivity index (χ1) is 14.1. The van der Waals surface area contributed by atoms with E-state index >= 15 is 0 Å². The minimum absolute atomic E-state index is 0.0645. The van der Waals surface area contributed by atoms with Crippen LogP contribution in [0.2, 0.25) is 0 Å². The number of quaternary nitrogens is 1. The van der Waals surface area contributed by atoms with Gasteiger partial charge in [0.1, 0.15) is 22.9 Å². The molecule has 0 radical (unpaired) electrons. The number of hydrogen-bond acceptors (Lipinski definition) is 5. The summed E-state index contributed by atoms with van der Waals surface area (Å²) >= 11 is 0. The highest BCUT2D eigenvalue weighted by atomic mass is 16.5. The summed E-state index contributed by atoms with van der Waals surface area (Å²) in [6.07, 6.45) is 1.77. The Labute approximate surface area is 168 Å². The van der Waals surface area contributed by atoms with Crippen LogP contribution in [0.1, 0.15) is 0 Å². The molecule has 0 unspecified atom stereocenters. The Balaban J connectivity index is 1.64. The van der Waals surface area contributed by atoms with Crippen molar-refractivity contribution in [1.29, 1.82) is 0 Å². The highest BCUT2D eigenvalue weighted by Crippen LogP contribution is 2.35. The maximum Gasteiger partial charge on any atom is 0.264 e. The largest absolute Gasteiger partial charge is 0.496 e. The van der Waals surface area contributed by atoms with E-state index in [4.69, 9.17) is 14.2 Å². The second-order valence-corrected chi connectivity index (χ2v) is 6.68. The summed E-state index contributed by atoms with van der Waals surface area (Å²) in [5, 5.41) is 1.96. The van der Waals surface area contributed by atoms with Crippen LogP contribution in [0.5, 0.6) is 17.2 Å². The highest BCUT2D eigenvalue weighted by Gasteiger charge is 2.22. The first-order valence-electron chi connectivity index (χ1n) is 9.15. The summed E-state index contributed by atoms with van der Waals surface area (Å²) in [4.78, 5) is 18.0. The molecule has 4 rings (SSSR count). The smallest absolute Gasteiger partial charge is 0.264 e. The Morgan fingerprint density at radius 2 is 1.72 bits per heavy atom. The van der Waals surface area contributed by atoms with Crippen LogP contribution < -0.4 is 24.4 Å². The molecule has 0 bridgehead atoms. The lowest BCUT2D eigenvalue weighted by atomic mass is 10.0. The lowest BCUT2D eigenvalue weighted by Crippen LogP contribution is -2.71. The molecule has 148 valence electrons. The number of amides is 1. The molecule has 0 saturated carbocycles. The molecule has 0 aliphatic carbocycles. The number of rotatable bonds is 5. The van der Waals surface area contributed by atoms with Crippen molar-refractivity contribution in [2.24, 2.45) is 0 Å². The third-order valence-corrected chi connectivity index (χ3v) is 4.85. The van der Waals surface area contributed by atoms with Crippen molar-refractivity contribution >= 4 is 23.1 Å². The molecule has 7 nitrogen and oxygen atoms in total. The molecule has 0 saturated heterocycles. The van der Waals surface area contributed by atoms with E-state index in [9.17, 15) is 4.79 Å². The molecule has 0 atom stereocenters. The predicted octanol–water partition coefficient (Wildman–Crippen LogP) is 2.65. The number of nitrogens with zero attached hydrogens (tertiary/aromatic N) is 2. The van der Waals surface area contributed by atoms with E-state index < -0.39 is 0 Å². The molecular weight excluding hydrogens is 370 g/mol. The molecule has 29 heavy (non-hydrogen) atoms. The lowest BCUT2D eigenvalue weighted by Gasteiger charge is -2.26. The number of fused-ring (bicyclic) bond motifs is 1. The molecule has 0 spiro atoms. The fourth-order valence-electron chi connectivity index (χ4n) is 3.24. The summed E-state index contributed by atoms with van der Waals surface area (Å²) in [5.74, 6) is 2.88. The van der Waals surface area contributed by atoms with Gasteiger partial charge in [-0.2, -0.15) is 0 Å². The van der Waals surface area contributed by atoms with Crippen LogP contribution in [0.4, 0.5) is 17.2 Å². The van der Waals surface area contributed by atoms with Gasteiger partial charge in [0.25, 0.3) is 5.91 Å². The zero-order chi connectivity index (χ0) is 20.4. The Hall–Kier alpha value is -3.58. The summed E-state index contributed by atoms with van der Waals surface area (Å²) in [6.45, 7) is 0.0706. The van der Waals surface area contributed by atoms with Crippen molar-refractivity contribution in [2.75, 3.05) is 32.8 Å². The van der Waals surface area contributed by atoms with Crippen LogP contribution in [-0.4, -0.2) is 38.8 Å². The predicted molar refractivity (Wildman–Crippen MR) is 109 cm³/mol. The van der Waals surface area contributed by atoms with Gasteiger partial charge in [0, 0.05) is 37.5 Å². The van der Waals surface area contributed by atoms with Gasteiger partial charge >= 0.3 is 0 Å². The molecule has 0 fully saturated rings. The van der Waals surface area contributed by atoms with E-state index in [1.54, 1.807) is 32.4 Å². The molecule has 1 aromatic heterocycles. The monoisotopic (exact) mass is 392 g/mol. The fourth-order valence-corrected chi connectivity index (χ4v) is 3.24. The summed E-state index contributed by atoms with van der Waals surface area (Å²) in [5.41, 5.74) is 3.66. The van der Waals surface area contributed by atoms with E-state index in [0.29, 0.717) is 17.2 Å². The molecule has 2 aromatic carbocycles. The minimum atomic E-state index is -0.0645. The van der Waals surface area contributed by atoms with Crippen LogP contribution >= 0.6 is 0 Å². The number of methoxy groups -OCH3 is 2. The Kier molecular flexibility index (Phi) is 5.05. The number of aromatic nitrogens is 1. The van der Waals surface area contributed by atoms with Crippen LogP contribution in [0.15, 0.2) is 54.7 Å². The SMILES string of the molecule is COc1cc([NH2+]c2cc(-c3ccc4c(c3)N(C)C(=O)CO4)ccn2)cc(OC)c1. The number of nitrogens with two attached hydrogens (primary N) is 1. The third kappa shape index (κ3) is 3.86. The van der Waals surface area contributed by atoms with Gasteiger partial charge in [-0.25, -0.2) is 4.98 Å². The van der Waals surface area contributed by atoms with Crippen LogP contribution in [0.3, 0.4) is 0 Å². The van der Waals surface area contributed by atoms with Gasteiger partial charge in [0.2, 0.25) is 5.82 Å². The normalized spacial score (nSPS) is 12.9. The molecule has 1 aliphatic rings. The lowest BCUT2D eigenvalue weighted by molar-refractivity contribution is -0.483. The number of hydrogen-bond donors (Lipinski definition) is 1. The number of carbonyl (C=O) groups is 1. The van der Waals surface area contributed by atoms with Gasteiger partial charge in [0.15, 0.2) is 6.61 Å². The van der Waals surface area contributed by atoms with Crippen LogP contribution in [0.25, 0.3) is 11.1 Å². The zero-order valence-electron chi connectivity index (χ0n) is 16.5. The van der Waals surface area contributed by atoms with Crippen molar-refractivity contribution in [1.82, 2.24) is 4.98 Å². The number of anilines is 1. The topological polar surface area (TPSA) is 77.5 Å². The molecule has 2 N–H and O–H groups in total. The van der Waals surface area contributed by atoms with Gasteiger partial charge in [-0.05, 0) is 29.3 Å². The van der Waals surface area contributed by atoms with Gasteiger partial charge in [-0.15, -0.1) is 0 Å². The van der Waals surface area contributed by atoms with Crippen molar-refractivity contribution in [3.63, 3.8) is 0 Å². The number of benzene rings is 2. The molecule has 7 heteroatoms. The molecule has 2 heterocycles. The third-order valence-electron chi connectivity index (χ3n) is 4.85. The van der Waals surface area contributed by atoms with Gasteiger partial charge in [0.05, 0.1) is 19.9 Å². The fraction of sp³-hybridized carbons (Fsp3) is 0.182. The zero-order valence-corrected chi connectivity index (χ0v) is 16.5. The van der Waals surface area contributed by atoms with Crippen LogP contribution in [0, 0.1) is 0 Å². The average molecular weight is 392 g/mol. The Morgan fingerprint density at radius 1 is 1.00 bits per heavy atom. The van der Waals surface area contributed by atoms with Crippen molar-refractivity contribution in [2.45, 2.75) is 0 Å². The maximum absolute atomic E-state index is 11.9. The van der Waals surface area contributed by atoms with Crippen molar-refractivity contribution in [3.8, 4) is 28.4 Å². The minimum Gasteiger partial charge on any atom is -0.496 e. The maximum atomic E-state index is 11.9. The van der Waals surface area contributed by atoms with E-state index in [2.05, 4.69) is 4.98 Å². The van der Waals surface area contributed by atoms with Crippen LogP contribution in [-0.2, 0) is 4.79 Å². The van der Waals surface area contributed by atoms with E-state index in [1.165, 1.54) is 0 Å². The van der Waals surface area contributed by atoms with E-state index in [0.717, 1.165) is 28.3 Å². The highest BCUT2D eigenvalue weighted by molar-refractivity contribution is 5.98. The quantitative estimate of drug-likeness (QED) is 0.676. The second kappa shape index (κ2) is 7.81. The number of pyridine rings is 1. The summed E-state index contributed by atoms with van der Waals surface area (Å²) in [6, 6.07) is 15.5. The Bertz CT molecular complexity index is 1050.